The monoisotopic (exact) mass is 305 g/mol. The van der Waals surface area contributed by atoms with Gasteiger partial charge < -0.3 is 0 Å². The van der Waals surface area contributed by atoms with Gasteiger partial charge in [-0.15, -0.1) is 5.10 Å². The van der Waals surface area contributed by atoms with Gasteiger partial charge in [-0.05, 0) is 39.3 Å². The fourth-order valence-electron chi connectivity index (χ4n) is 2.09. The molecule has 0 saturated carbocycles. The number of thioether (sulfide) groups is 1. The van der Waals surface area contributed by atoms with E-state index >= 15 is 0 Å². The number of Topliss-reactive ketones (excluding diaryl/α,β-unsaturated/α-hetero) is 1. The van der Waals surface area contributed by atoms with Crippen LogP contribution in [0.3, 0.4) is 0 Å². The molecule has 0 aliphatic rings. The van der Waals surface area contributed by atoms with Gasteiger partial charge in [0.25, 0.3) is 0 Å². The number of carbonyl (C=O) groups excluding carboxylic acids is 1. The van der Waals surface area contributed by atoms with Crippen LogP contribution in [0.25, 0.3) is 0 Å². The Labute approximate surface area is 127 Å². The van der Waals surface area contributed by atoms with Crippen LogP contribution >= 0.6 is 11.8 Å². The number of nitrogens with one attached hydrogen (secondary N) is 1. The molecule has 0 aliphatic carbocycles. The Morgan fingerprint density at radius 3 is 2.76 bits per heavy atom. The average Bonchev–Trinajstić information content (AvgIpc) is 2.80. The first kappa shape index (κ1) is 15.6. The third-order valence-electron chi connectivity index (χ3n) is 3.21. The molecule has 112 valence electrons. The largest absolute Gasteiger partial charge is 0.344 e. The van der Waals surface area contributed by atoms with E-state index < -0.39 is 0 Å². The van der Waals surface area contributed by atoms with E-state index in [-0.39, 0.29) is 23.3 Å². The highest BCUT2D eigenvalue weighted by Gasteiger charge is 2.15. The van der Waals surface area contributed by atoms with Gasteiger partial charge in [0.05, 0.1) is 5.75 Å². The smallest absolute Gasteiger partial charge is 0.293 e. The maximum Gasteiger partial charge on any atom is 0.344 e. The summed E-state index contributed by atoms with van der Waals surface area (Å²) < 4.78 is 1.56. The molecule has 0 atom stereocenters. The van der Waals surface area contributed by atoms with Crippen LogP contribution in [0.2, 0.25) is 0 Å². The second-order valence-electron chi connectivity index (χ2n) is 5.31. The summed E-state index contributed by atoms with van der Waals surface area (Å²) in [5.41, 5.74) is 2.52. The Morgan fingerprint density at radius 1 is 1.38 bits per heavy atom. The second kappa shape index (κ2) is 6.30. The number of aryl methyl sites for hydroxylation is 2. The van der Waals surface area contributed by atoms with Crippen LogP contribution in [-0.4, -0.2) is 26.3 Å². The summed E-state index contributed by atoms with van der Waals surface area (Å²) >= 11 is 1.28. The van der Waals surface area contributed by atoms with E-state index in [2.05, 4.69) is 10.2 Å². The van der Waals surface area contributed by atoms with Gasteiger partial charge in [0, 0.05) is 11.6 Å². The number of hydrogen-bond donors (Lipinski definition) is 1. The maximum atomic E-state index is 12.3. The lowest BCUT2D eigenvalue weighted by Crippen LogP contribution is -2.19. The molecule has 0 amide bonds. The normalized spacial score (nSPS) is 11.1. The minimum Gasteiger partial charge on any atom is -0.293 e. The summed E-state index contributed by atoms with van der Waals surface area (Å²) in [7, 11) is 0. The molecule has 0 unspecified atom stereocenters. The highest BCUT2D eigenvalue weighted by atomic mass is 32.2. The third kappa shape index (κ3) is 3.44. The predicted molar refractivity (Wildman–Crippen MR) is 84.2 cm³/mol. The lowest BCUT2D eigenvalue weighted by atomic mass is 10.0. The van der Waals surface area contributed by atoms with Crippen LogP contribution in [0.5, 0.6) is 0 Å². The summed E-state index contributed by atoms with van der Waals surface area (Å²) in [6.45, 7) is 7.71. The standard InChI is InChI=1S/C15H19N3O2S/c1-9(2)18-14(20)16-17-15(18)21-8-13(19)12-7-10(3)5-6-11(12)4/h5-7,9H,8H2,1-4H3,(H,16,20). The number of rotatable bonds is 5. The molecule has 0 spiro atoms. The SMILES string of the molecule is Cc1ccc(C)c(C(=O)CSc2n[nH]c(=O)n2C(C)C)c1. The molecule has 0 bridgehead atoms. The van der Waals surface area contributed by atoms with Gasteiger partial charge in [0.15, 0.2) is 10.9 Å². The van der Waals surface area contributed by atoms with Gasteiger partial charge in [-0.25, -0.2) is 9.89 Å². The zero-order valence-electron chi connectivity index (χ0n) is 12.6. The van der Waals surface area contributed by atoms with E-state index in [1.54, 1.807) is 4.57 Å². The van der Waals surface area contributed by atoms with Gasteiger partial charge >= 0.3 is 5.69 Å². The van der Waals surface area contributed by atoms with Crippen molar-refractivity contribution in [2.75, 3.05) is 5.75 Å². The fraction of sp³-hybridized carbons (Fsp3) is 0.400. The van der Waals surface area contributed by atoms with Crippen molar-refractivity contribution in [3.8, 4) is 0 Å². The zero-order valence-corrected chi connectivity index (χ0v) is 13.5. The molecule has 1 N–H and O–H groups in total. The van der Waals surface area contributed by atoms with Crippen LogP contribution < -0.4 is 5.69 Å². The molecule has 0 aliphatic heterocycles. The number of nitrogens with zero attached hydrogens (tertiary/aromatic N) is 2. The molecular weight excluding hydrogens is 286 g/mol. The average molecular weight is 305 g/mol. The molecule has 1 heterocycles. The van der Waals surface area contributed by atoms with Crippen molar-refractivity contribution in [3.63, 3.8) is 0 Å². The van der Waals surface area contributed by atoms with Gasteiger partial charge in [-0.1, -0.05) is 29.5 Å². The summed E-state index contributed by atoms with van der Waals surface area (Å²) in [4.78, 5) is 24.0. The molecule has 0 radical (unpaired) electrons. The second-order valence-corrected chi connectivity index (χ2v) is 6.25. The van der Waals surface area contributed by atoms with Crippen LogP contribution in [-0.2, 0) is 0 Å². The Morgan fingerprint density at radius 2 is 2.10 bits per heavy atom. The number of H-pyrrole nitrogens is 1. The number of hydrogen-bond acceptors (Lipinski definition) is 4. The molecule has 2 aromatic rings. The van der Waals surface area contributed by atoms with E-state index in [1.165, 1.54) is 11.8 Å². The summed E-state index contributed by atoms with van der Waals surface area (Å²) in [6.07, 6.45) is 0. The first-order valence-corrected chi connectivity index (χ1v) is 7.79. The first-order chi connectivity index (χ1) is 9.90. The van der Waals surface area contributed by atoms with Crippen molar-refractivity contribution in [2.24, 2.45) is 0 Å². The van der Waals surface area contributed by atoms with Gasteiger partial charge in [0.2, 0.25) is 0 Å². The Kier molecular flexibility index (Phi) is 4.67. The Balaban J connectivity index is 2.15. The molecule has 0 fully saturated rings. The fourth-order valence-corrected chi connectivity index (χ4v) is 3.05. The molecular formula is C15H19N3O2S. The summed E-state index contributed by atoms with van der Waals surface area (Å²) in [6, 6.07) is 5.85. The molecule has 2 rings (SSSR count). The van der Waals surface area contributed by atoms with Crippen LogP contribution in [0, 0.1) is 13.8 Å². The van der Waals surface area contributed by atoms with Gasteiger partial charge in [0.1, 0.15) is 0 Å². The first-order valence-electron chi connectivity index (χ1n) is 6.80. The quantitative estimate of drug-likeness (QED) is 0.681. The summed E-state index contributed by atoms with van der Waals surface area (Å²) in [5.74, 6) is 0.313. The van der Waals surface area contributed by atoms with Gasteiger partial charge in [-0.3, -0.25) is 9.36 Å². The van der Waals surface area contributed by atoms with Crippen molar-refractivity contribution in [2.45, 2.75) is 38.9 Å². The Hall–Kier alpha value is -1.82. The van der Waals surface area contributed by atoms with Crippen molar-refractivity contribution < 1.29 is 4.79 Å². The van der Waals surface area contributed by atoms with Crippen molar-refractivity contribution >= 4 is 17.5 Å². The highest BCUT2D eigenvalue weighted by Crippen LogP contribution is 2.20. The molecule has 5 nitrogen and oxygen atoms in total. The van der Waals surface area contributed by atoms with Crippen LogP contribution in [0.4, 0.5) is 0 Å². The molecule has 6 heteroatoms. The van der Waals surface area contributed by atoms with E-state index in [0.717, 1.165) is 16.7 Å². The molecule has 1 aromatic carbocycles. The van der Waals surface area contributed by atoms with Crippen LogP contribution in [0.15, 0.2) is 28.2 Å². The molecule has 1 aromatic heterocycles. The maximum absolute atomic E-state index is 12.3. The topological polar surface area (TPSA) is 67.8 Å². The lowest BCUT2D eigenvalue weighted by molar-refractivity contribution is 0.102. The number of carbonyl (C=O) groups is 1. The predicted octanol–water partition coefficient (Wildman–Crippen LogP) is 2.74. The minimum atomic E-state index is -0.244. The number of aromatic amines is 1. The van der Waals surface area contributed by atoms with Gasteiger partial charge in [-0.2, -0.15) is 0 Å². The highest BCUT2D eigenvalue weighted by molar-refractivity contribution is 7.99. The van der Waals surface area contributed by atoms with Crippen molar-refractivity contribution in [1.29, 1.82) is 0 Å². The van der Waals surface area contributed by atoms with E-state index in [4.69, 9.17) is 0 Å². The molecule has 21 heavy (non-hydrogen) atoms. The van der Waals surface area contributed by atoms with E-state index in [9.17, 15) is 9.59 Å². The summed E-state index contributed by atoms with van der Waals surface area (Å²) in [5, 5.41) is 6.96. The zero-order chi connectivity index (χ0) is 15.6. The van der Waals surface area contributed by atoms with Crippen LogP contribution in [0.1, 0.15) is 41.4 Å². The Bertz CT molecular complexity index is 716. The number of aromatic nitrogens is 3. The van der Waals surface area contributed by atoms with E-state index in [1.807, 2.05) is 45.9 Å². The number of benzene rings is 1. The lowest BCUT2D eigenvalue weighted by Gasteiger charge is -2.09. The van der Waals surface area contributed by atoms with Crippen molar-refractivity contribution in [1.82, 2.24) is 14.8 Å². The molecule has 0 saturated heterocycles. The third-order valence-corrected chi connectivity index (χ3v) is 4.17. The number of ketones is 1. The minimum absolute atomic E-state index is 0.00885. The van der Waals surface area contributed by atoms with Crippen molar-refractivity contribution in [3.05, 3.63) is 45.4 Å². The van der Waals surface area contributed by atoms with E-state index in [0.29, 0.717) is 5.16 Å².